The number of nitrogens with zero attached hydrogens (tertiary/aromatic N) is 2. The predicted molar refractivity (Wildman–Crippen MR) is 159 cm³/mol. The first-order valence-corrected chi connectivity index (χ1v) is 13.1. The van der Waals surface area contributed by atoms with Crippen molar-refractivity contribution in [2.45, 2.75) is 0 Å². The van der Waals surface area contributed by atoms with Gasteiger partial charge in [-0.15, -0.1) is 6.42 Å². The monoisotopic (exact) mass is 555 g/mol. The van der Waals surface area contributed by atoms with E-state index in [4.69, 9.17) is 25.4 Å². The summed E-state index contributed by atoms with van der Waals surface area (Å²) in [7, 11) is 3.50. The molecule has 0 aliphatic carbocycles. The molecule has 0 aliphatic rings. The Bertz CT molecular complexity index is 1500. The molecule has 1 aromatic heterocycles. The van der Waals surface area contributed by atoms with Crippen molar-refractivity contribution in [3.05, 3.63) is 78.0 Å². The minimum atomic E-state index is -0.278. The lowest BCUT2D eigenvalue weighted by Gasteiger charge is -2.13. The third kappa shape index (κ3) is 8.40. The van der Waals surface area contributed by atoms with Gasteiger partial charge in [-0.05, 0) is 30.3 Å². The molecule has 0 unspecified atom stereocenters. The summed E-state index contributed by atoms with van der Waals surface area (Å²) in [4.78, 5) is 21.6. The second-order valence-electron chi connectivity index (χ2n) is 8.77. The Morgan fingerprint density at radius 1 is 0.951 bits per heavy atom. The van der Waals surface area contributed by atoms with Crippen molar-refractivity contribution in [1.82, 2.24) is 15.3 Å². The van der Waals surface area contributed by atoms with Crippen LogP contribution in [-0.2, 0) is 14.2 Å². The number of nitrogens with one attached hydrogen (secondary N) is 3. The molecule has 4 aromatic rings. The first-order valence-electron chi connectivity index (χ1n) is 13.1. The molecule has 0 saturated carbocycles. The van der Waals surface area contributed by atoms with Crippen LogP contribution in [0.25, 0.3) is 10.8 Å². The second-order valence-corrected chi connectivity index (χ2v) is 8.77. The molecule has 0 atom stereocenters. The molecule has 1 heterocycles. The van der Waals surface area contributed by atoms with Crippen LogP contribution < -0.4 is 20.7 Å². The van der Waals surface area contributed by atoms with E-state index in [-0.39, 0.29) is 5.91 Å². The summed E-state index contributed by atoms with van der Waals surface area (Å²) < 4.78 is 21.9. The molecule has 0 saturated heterocycles. The van der Waals surface area contributed by atoms with Gasteiger partial charge in [-0.3, -0.25) is 4.79 Å². The molecule has 0 aliphatic heterocycles. The Hall–Kier alpha value is -4.69. The first kappa shape index (κ1) is 29.3. The molecule has 41 heavy (non-hydrogen) atoms. The van der Waals surface area contributed by atoms with E-state index in [1.165, 1.54) is 0 Å². The van der Waals surface area contributed by atoms with Gasteiger partial charge in [-0.2, -0.15) is 4.98 Å². The van der Waals surface area contributed by atoms with Gasteiger partial charge in [0.25, 0.3) is 5.91 Å². The number of rotatable bonds is 15. The van der Waals surface area contributed by atoms with Crippen molar-refractivity contribution < 1.29 is 23.7 Å². The molecule has 4 rings (SSSR count). The smallest absolute Gasteiger partial charge is 0.251 e. The number of terminal acetylenes is 1. The highest BCUT2D eigenvalue weighted by Gasteiger charge is 2.11. The van der Waals surface area contributed by atoms with Gasteiger partial charge in [0.15, 0.2) is 0 Å². The average molecular weight is 556 g/mol. The number of hydrogen-bond acceptors (Lipinski definition) is 9. The summed E-state index contributed by atoms with van der Waals surface area (Å²) in [5.74, 6) is 3.63. The number of carbonyl (C=O) groups is 1. The van der Waals surface area contributed by atoms with E-state index in [1.807, 2.05) is 43.4 Å². The van der Waals surface area contributed by atoms with Gasteiger partial charge < -0.3 is 34.9 Å². The van der Waals surface area contributed by atoms with Gasteiger partial charge in [0.2, 0.25) is 11.8 Å². The van der Waals surface area contributed by atoms with Gasteiger partial charge in [0, 0.05) is 66.2 Å². The van der Waals surface area contributed by atoms with E-state index in [2.05, 4.69) is 31.8 Å². The highest BCUT2D eigenvalue weighted by Crippen LogP contribution is 2.34. The summed E-state index contributed by atoms with van der Waals surface area (Å²) in [5, 5.41) is 11.1. The molecule has 1 amide bonds. The van der Waals surface area contributed by atoms with Crippen LogP contribution in [0.5, 0.6) is 11.6 Å². The molecule has 10 nitrogen and oxygen atoms in total. The van der Waals surface area contributed by atoms with Crippen LogP contribution in [0.2, 0.25) is 0 Å². The van der Waals surface area contributed by atoms with Crippen LogP contribution in [0, 0.1) is 12.3 Å². The molecule has 10 heteroatoms. The topological polar surface area (TPSA) is 116 Å². The predicted octanol–water partition coefficient (Wildman–Crippen LogP) is 4.60. The van der Waals surface area contributed by atoms with E-state index in [1.54, 1.807) is 37.6 Å². The Morgan fingerprint density at radius 3 is 2.51 bits per heavy atom. The van der Waals surface area contributed by atoms with Gasteiger partial charge >= 0.3 is 0 Å². The largest absolute Gasteiger partial charge is 0.438 e. The van der Waals surface area contributed by atoms with Crippen molar-refractivity contribution in [2.75, 3.05) is 64.4 Å². The summed E-state index contributed by atoms with van der Waals surface area (Å²) >= 11 is 0. The Morgan fingerprint density at radius 2 is 1.73 bits per heavy atom. The Balaban J connectivity index is 1.38. The molecule has 0 radical (unpaired) electrons. The maximum absolute atomic E-state index is 12.8. The maximum atomic E-state index is 12.8. The molecule has 212 valence electrons. The van der Waals surface area contributed by atoms with Gasteiger partial charge in [-0.1, -0.05) is 30.2 Å². The van der Waals surface area contributed by atoms with E-state index >= 15 is 0 Å². The standard InChI is InChI=1S/C31H33N5O5/c1-4-22-19-23(30(37)33-13-14-39-17-18-40-16-15-38-3)21-24(20-22)35-31-34-12-11-29(36-31)41-28-10-9-27(32-2)25-7-5-6-8-26(25)28/h1,5-12,19-21,32H,13-18H2,2-3H3,(H,33,37)(H,34,35,36). The van der Waals surface area contributed by atoms with Crippen LogP contribution in [0.4, 0.5) is 17.3 Å². The van der Waals surface area contributed by atoms with Crippen LogP contribution in [-0.4, -0.2) is 69.6 Å². The zero-order valence-electron chi connectivity index (χ0n) is 23.1. The van der Waals surface area contributed by atoms with Crippen molar-refractivity contribution in [3.8, 4) is 24.0 Å². The SMILES string of the molecule is C#Cc1cc(Nc2nccc(Oc3ccc(NC)c4ccccc34)n2)cc(C(=O)NCCOCCOCCOC)c1. The Kier molecular flexibility index (Phi) is 10.9. The van der Waals surface area contributed by atoms with Crippen molar-refractivity contribution in [3.63, 3.8) is 0 Å². The van der Waals surface area contributed by atoms with Crippen molar-refractivity contribution in [1.29, 1.82) is 0 Å². The average Bonchev–Trinajstić information content (AvgIpc) is 3.00. The molecule has 0 bridgehead atoms. The molecule has 0 spiro atoms. The number of carbonyl (C=O) groups excluding carboxylic acids is 1. The third-order valence-corrected chi connectivity index (χ3v) is 5.95. The quantitative estimate of drug-likeness (QED) is 0.143. The van der Waals surface area contributed by atoms with Gasteiger partial charge in [0.1, 0.15) is 5.75 Å². The van der Waals surface area contributed by atoms with Crippen molar-refractivity contribution in [2.24, 2.45) is 0 Å². The summed E-state index contributed by atoms with van der Waals surface area (Å²) in [6, 6.07) is 18.6. The minimum absolute atomic E-state index is 0.278. The lowest BCUT2D eigenvalue weighted by molar-refractivity contribution is 0.0255. The zero-order valence-corrected chi connectivity index (χ0v) is 23.1. The molecule has 3 N–H and O–H groups in total. The van der Waals surface area contributed by atoms with E-state index in [9.17, 15) is 4.79 Å². The summed E-state index contributed by atoms with van der Waals surface area (Å²) in [6.07, 6.45) is 7.24. The molecular formula is C31H33N5O5. The number of aromatic nitrogens is 2. The fourth-order valence-corrected chi connectivity index (χ4v) is 4.00. The lowest BCUT2D eigenvalue weighted by atomic mass is 10.1. The maximum Gasteiger partial charge on any atom is 0.251 e. The summed E-state index contributed by atoms with van der Waals surface area (Å²) in [6.45, 7) is 2.64. The van der Waals surface area contributed by atoms with E-state index < -0.39 is 0 Å². The second kappa shape index (κ2) is 15.2. The number of fused-ring (bicyclic) bond motifs is 1. The number of hydrogen-bond donors (Lipinski definition) is 3. The zero-order chi connectivity index (χ0) is 28.9. The van der Waals surface area contributed by atoms with Crippen LogP contribution >= 0.6 is 0 Å². The van der Waals surface area contributed by atoms with E-state index in [0.717, 1.165) is 16.5 Å². The van der Waals surface area contributed by atoms with Crippen LogP contribution in [0.15, 0.2) is 66.9 Å². The number of amides is 1. The normalized spacial score (nSPS) is 10.7. The number of ether oxygens (including phenoxy) is 4. The number of methoxy groups -OCH3 is 1. The van der Waals surface area contributed by atoms with Crippen LogP contribution in [0.3, 0.4) is 0 Å². The number of benzene rings is 3. The highest BCUT2D eigenvalue weighted by atomic mass is 16.5. The fourth-order valence-electron chi connectivity index (χ4n) is 4.00. The molecular weight excluding hydrogens is 522 g/mol. The third-order valence-electron chi connectivity index (χ3n) is 5.95. The Labute approximate surface area is 239 Å². The highest BCUT2D eigenvalue weighted by molar-refractivity contribution is 5.98. The van der Waals surface area contributed by atoms with Gasteiger partial charge in [-0.25, -0.2) is 4.98 Å². The van der Waals surface area contributed by atoms with E-state index in [0.29, 0.717) is 74.0 Å². The fraction of sp³-hybridized carbons (Fsp3) is 0.258. The van der Waals surface area contributed by atoms with Crippen molar-refractivity contribution >= 4 is 34.0 Å². The molecule has 3 aromatic carbocycles. The number of anilines is 3. The minimum Gasteiger partial charge on any atom is -0.438 e. The summed E-state index contributed by atoms with van der Waals surface area (Å²) in [5.41, 5.74) is 2.50. The molecule has 0 fully saturated rings. The first-order chi connectivity index (χ1) is 20.1. The van der Waals surface area contributed by atoms with Crippen LogP contribution in [0.1, 0.15) is 15.9 Å². The lowest BCUT2D eigenvalue weighted by Crippen LogP contribution is -2.27. The van der Waals surface area contributed by atoms with Gasteiger partial charge in [0.05, 0.1) is 33.0 Å².